The van der Waals surface area contributed by atoms with Crippen LogP contribution in [0.15, 0.2) is 26.1 Å². The van der Waals surface area contributed by atoms with Crippen LogP contribution in [0.5, 0.6) is 0 Å². The number of amides is 1. The van der Waals surface area contributed by atoms with Gasteiger partial charge in [-0.3, -0.25) is 4.79 Å². The first-order valence-electron chi connectivity index (χ1n) is 4.53. The van der Waals surface area contributed by atoms with Gasteiger partial charge in [-0.2, -0.15) is 0 Å². The molecule has 6 heteroatoms. The molecule has 0 spiro atoms. The Labute approximate surface area is 110 Å². The van der Waals surface area contributed by atoms with Crippen molar-refractivity contribution in [3.05, 3.63) is 37.4 Å². The van der Waals surface area contributed by atoms with Gasteiger partial charge >= 0.3 is 0 Å². The van der Waals surface area contributed by atoms with Gasteiger partial charge in [-0.15, -0.1) is 22.7 Å². The summed E-state index contributed by atoms with van der Waals surface area (Å²) in [5, 5.41) is 3.80. The third-order valence-electron chi connectivity index (χ3n) is 2.04. The van der Waals surface area contributed by atoms with E-state index in [9.17, 15) is 4.79 Å². The van der Waals surface area contributed by atoms with Crippen molar-refractivity contribution in [1.82, 2.24) is 9.88 Å². The molecule has 0 atom stereocenters. The van der Waals surface area contributed by atoms with Crippen LogP contribution in [0.3, 0.4) is 0 Å². The number of carbonyl (C=O) groups excluding carboxylic acids is 1. The molecule has 0 aliphatic heterocycles. The molecule has 2 rings (SSSR count). The molecule has 3 nitrogen and oxygen atoms in total. The molecule has 0 aromatic carbocycles. The summed E-state index contributed by atoms with van der Waals surface area (Å²) in [5.41, 5.74) is 3.31. The quantitative estimate of drug-likeness (QED) is 0.871. The van der Waals surface area contributed by atoms with E-state index >= 15 is 0 Å². The maximum atomic E-state index is 11.9. The second kappa shape index (κ2) is 5.07. The Morgan fingerprint density at radius 1 is 1.56 bits per heavy atom. The minimum absolute atomic E-state index is 0.0384. The number of aromatic nitrogens is 1. The fraction of sp³-hybridized carbons (Fsp3) is 0.200. The van der Waals surface area contributed by atoms with Gasteiger partial charge in [-0.05, 0) is 32.9 Å². The van der Waals surface area contributed by atoms with Crippen LogP contribution in [0.4, 0.5) is 0 Å². The van der Waals surface area contributed by atoms with E-state index in [1.807, 2.05) is 11.4 Å². The van der Waals surface area contributed by atoms with Gasteiger partial charge in [0.2, 0.25) is 0 Å². The first-order chi connectivity index (χ1) is 7.66. The number of carbonyl (C=O) groups is 1. The second-order valence-corrected chi connectivity index (χ2v) is 6.30. The van der Waals surface area contributed by atoms with Crippen molar-refractivity contribution in [2.24, 2.45) is 0 Å². The molecule has 84 valence electrons. The molecule has 2 aromatic rings. The average molecular weight is 317 g/mol. The largest absolute Gasteiger partial charge is 0.336 e. The SMILES string of the molecule is CN(Cc1csc(Br)c1)C(=O)c1cscn1. The lowest BCUT2D eigenvalue weighted by molar-refractivity contribution is 0.0780. The van der Waals surface area contributed by atoms with Crippen molar-refractivity contribution in [3.63, 3.8) is 0 Å². The molecule has 0 N–H and O–H groups in total. The van der Waals surface area contributed by atoms with E-state index in [1.54, 1.807) is 34.2 Å². The summed E-state index contributed by atoms with van der Waals surface area (Å²) >= 11 is 6.45. The standard InChI is InChI=1S/C10H9BrN2OS2/c1-13(3-7-2-9(11)16-4-7)10(14)8-5-15-6-12-8/h2,4-6H,3H2,1H3. The molecule has 2 aromatic heterocycles. The molecule has 0 unspecified atom stereocenters. The third-order valence-corrected chi connectivity index (χ3v) is 4.18. The lowest BCUT2D eigenvalue weighted by atomic mass is 10.3. The van der Waals surface area contributed by atoms with Gasteiger partial charge in [0.25, 0.3) is 5.91 Å². The topological polar surface area (TPSA) is 33.2 Å². The molecule has 0 saturated carbocycles. The van der Waals surface area contributed by atoms with Crippen LogP contribution in [0, 0.1) is 0 Å². The first kappa shape index (κ1) is 11.8. The van der Waals surface area contributed by atoms with Gasteiger partial charge in [0.15, 0.2) is 0 Å². The number of halogens is 1. The van der Waals surface area contributed by atoms with Crippen molar-refractivity contribution in [1.29, 1.82) is 0 Å². The minimum atomic E-state index is -0.0384. The lowest BCUT2D eigenvalue weighted by Gasteiger charge is -2.14. The number of hydrogen-bond donors (Lipinski definition) is 0. The molecular formula is C10H9BrN2OS2. The van der Waals surface area contributed by atoms with Crippen LogP contribution >= 0.6 is 38.6 Å². The first-order valence-corrected chi connectivity index (χ1v) is 7.15. The highest BCUT2D eigenvalue weighted by molar-refractivity contribution is 9.11. The van der Waals surface area contributed by atoms with Crippen molar-refractivity contribution in [2.75, 3.05) is 7.05 Å². The van der Waals surface area contributed by atoms with Gasteiger partial charge in [-0.25, -0.2) is 4.98 Å². The Hall–Kier alpha value is -0.720. The maximum absolute atomic E-state index is 11.9. The highest BCUT2D eigenvalue weighted by atomic mass is 79.9. The smallest absolute Gasteiger partial charge is 0.273 e. The Bertz CT molecular complexity index is 481. The summed E-state index contributed by atoms with van der Waals surface area (Å²) in [6.45, 7) is 0.610. The van der Waals surface area contributed by atoms with Crippen LogP contribution in [-0.2, 0) is 6.54 Å². The van der Waals surface area contributed by atoms with Crippen molar-refractivity contribution >= 4 is 44.5 Å². The summed E-state index contributed by atoms with van der Waals surface area (Å²) in [6.07, 6.45) is 0. The summed E-state index contributed by atoms with van der Waals surface area (Å²) in [4.78, 5) is 17.6. The monoisotopic (exact) mass is 316 g/mol. The van der Waals surface area contributed by atoms with Crippen molar-refractivity contribution < 1.29 is 4.79 Å². The zero-order valence-corrected chi connectivity index (χ0v) is 11.7. The van der Waals surface area contributed by atoms with Crippen molar-refractivity contribution in [2.45, 2.75) is 6.54 Å². The van der Waals surface area contributed by atoms with E-state index in [0.717, 1.165) is 9.35 Å². The van der Waals surface area contributed by atoms with Crippen LogP contribution in [-0.4, -0.2) is 22.8 Å². The summed E-state index contributed by atoms with van der Waals surface area (Å²) in [7, 11) is 1.78. The molecule has 0 radical (unpaired) electrons. The number of rotatable bonds is 3. The van der Waals surface area contributed by atoms with E-state index in [0.29, 0.717) is 12.2 Å². The molecular weight excluding hydrogens is 308 g/mol. The molecule has 16 heavy (non-hydrogen) atoms. The Kier molecular flexibility index (Phi) is 3.73. The fourth-order valence-corrected chi connectivity index (χ4v) is 3.01. The van der Waals surface area contributed by atoms with E-state index in [2.05, 4.69) is 20.9 Å². The van der Waals surface area contributed by atoms with Gasteiger partial charge in [0.05, 0.1) is 9.30 Å². The van der Waals surface area contributed by atoms with Crippen LogP contribution in [0.2, 0.25) is 0 Å². The number of thiazole rings is 1. The molecule has 2 heterocycles. The predicted molar refractivity (Wildman–Crippen MR) is 69.9 cm³/mol. The fourth-order valence-electron chi connectivity index (χ4n) is 1.29. The van der Waals surface area contributed by atoms with Crippen molar-refractivity contribution in [3.8, 4) is 0 Å². The number of hydrogen-bond acceptors (Lipinski definition) is 4. The molecule has 0 saturated heterocycles. The Balaban J connectivity index is 2.03. The zero-order chi connectivity index (χ0) is 11.5. The van der Waals surface area contributed by atoms with Gasteiger partial charge in [0.1, 0.15) is 5.69 Å². The Morgan fingerprint density at radius 3 is 2.94 bits per heavy atom. The highest BCUT2D eigenvalue weighted by Crippen LogP contribution is 2.21. The van der Waals surface area contributed by atoms with E-state index in [-0.39, 0.29) is 5.91 Å². The van der Waals surface area contributed by atoms with Crippen LogP contribution in [0.25, 0.3) is 0 Å². The number of thiophene rings is 1. The molecule has 0 bridgehead atoms. The summed E-state index contributed by atoms with van der Waals surface area (Å²) in [5.74, 6) is -0.0384. The maximum Gasteiger partial charge on any atom is 0.273 e. The summed E-state index contributed by atoms with van der Waals surface area (Å²) in [6, 6.07) is 2.02. The highest BCUT2D eigenvalue weighted by Gasteiger charge is 2.14. The van der Waals surface area contributed by atoms with Crippen LogP contribution < -0.4 is 0 Å². The van der Waals surface area contributed by atoms with Gasteiger partial charge in [0, 0.05) is 19.0 Å². The van der Waals surface area contributed by atoms with Gasteiger partial charge < -0.3 is 4.90 Å². The molecule has 0 fully saturated rings. The van der Waals surface area contributed by atoms with Gasteiger partial charge in [-0.1, -0.05) is 0 Å². The van der Waals surface area contributed by atoms with E-state index < -0.39 is 0 Å². The molecule has 0 aliphatic rings. The van der Waals surface area contributed by atoms with Crippen LogP contribution in [0.1, 0.15) is 16.1 Å². The average Bonchev–Trinajstić information content (AvgIpc) is 2.88. The molecule has 0 aliphatic carbocycles. The predicted octanol–water partition coefficient (Wildman–Crippen LogP) is 3.24. The van der Waals surface area contributed by atoms with E-state index in [1.165, 1.54) is 11.3 Å². The van der Waals surface area contributed by atoms with E-state index in [4.69, 9.17) is 0 Å². The summed E-state index contributed by atoms with van der Waals surface area (Å²) < 4.78 is 1.08. The normalized spacial score (nSPS) is 10.4. The Morgan fingerprint density at radius 2 is 2.38 bits per heavy atom. The number of nitrogens with zero attached hydrogens (tertiary/aromatic N) is 2. The minimum Gasteiger partial charge on any atom is -0.336 e. The molecule has 1 amide bonds. The third kappa shape index (κ3) is 2.69. The zero-order valence-electron chi connectivity index (χ0n) is 8.51. The second-order valence-electron chi connectivity index (χ2n) is 3.29. The lowest BCUT2D eigenvalue weighted by Crippen LogP contribution is -2.26.